The van der Waals surface area contributed by atoms with E-state index in [9.17, 15) is 9.59 Å². The summed E-state index contributed by atoms with van der Waals surface area (Å²) in [6.07, 6.45) is 0.125. The van der Waals surface area contributed by atoms with Gasteiger partial charge in [0.05, 0.1) is 0 Å². The van der Waals surface area contributed by atoms with Gasteiger partial charge in [-0.15, -0.1) is 0 Å². The van der Waals surface area contributed by atoms with Crippen LogP contribution in [0.3, 0.4) is 0 Å². The second kappa shape index (κ2) is 9.06. The van der Waals surface area contributed by atoms with Gasteiger partial charge in [-0.05, 0) is 51.5 Å². The van der Waals surface area contributed by atoms with E-state index in [4.69, 9.17) is 16.3 Å². The monoisotopic (exact) mass is 336 g/mol. The second-order valence-electron chi connectivity index (χ2n) is 5.80. The molecule has 2 N–H and O–H groups in total. The van der Waals surface area contributed by atoms with Crippen molar-refractivity contribution >= 4 is 23.6 Å². The van der Waals surface area contributed by atoms with Crippen LogP contribution in [0.15, 0.2) is 24.3 Å². The Balaban J connectivity index is 2.20. The van der Waals surface area contributed by atoms with Crippen molar-refractivity contribution in [3.63, 3.8) is 0 Å². The highest BCUT2D eigenvalue weighted by Gasteiger charge is 2.15. The van der Waals surface area contributed by atoms with E-state index >= 15 is 0 Å². The molecule has 0 saturated carbocycles. The molecule has 0 aliphatic rings. The first-order chi connectivity index (χ1) is 10.8. The zero-order valence-corrected chi connectivity index (χ0v) is 14.3. The van der Waals surface area contributed by atoms with Gasteiger partial charge < -0.3 is 15.4 Å². The molecule has 0 saturated heterocycles. The Hall–Kier alpha value is -2.19. The summed E-state index contributed by atoms with van der Waals surface area (Å²) < 4.78 is 5.09. The number of carbonyl (C=O) groups is 2. The van der Waals surface area contributed by atoms with Gasteiger partial charge in [0, 0.05) is 29.6 Å². The lowest BCUT2D eigenvalue weighted by Crippen LogP contribution is -2.34. The summed E-state index contributed by atoms with van der Waals surface area (Å²) in [5, 5.41) is 5.89. The molecule has 6 heteroatoms. The Labute approximate surface area is 141 Å². The van der Waals surface area contributed by atoms with E-state index < -0.39 is 11.7 Å². The highest BCUT2D eigenvalue weighted by molar-refractivity contribution is 6.30. The number of rotatable bonds is 4. The second-order valence-corrected chi connectivity index (χ2v) is 6.23. The molecule has 0 bridgehead atoms. The minimum Gasteiger partial charge on any atom is -0.444 e. The molecule has 23 heavy (non-hydrogen) atoms. The minimum atomic E-state index is -0.518. The Bertz CT molecular complexity index is 595. The summed E-state index contributed by atoms with van der Waals surface area (Å²) >= 11 is 5.76. The quantitative estimate of drug-likeness (QED) is 0.656. The number of hydrogen-bond acceptors (Lipinski definition) is 3. The molecule has 1 rings (SSSR count). The molecule has 0 radical (unpaired) electrons. The van der Waals surface area contributed by atoms with Crippen LogP contribution in [0.4, 0.5) is 4.79 Å². The van der Waals surface area contributed by atoms with E-state index in [-0.39, 0.29) is 5.91 Å². The molecule has 0 aliphatic carbocycles. The summed E-state index contributed by atoms with van der Waals surface area (Å²) in [5.41, 5.74) is 0.200. The van der Waals surface area contributed by atoms with Gasteiger partial charge in [0.1, 0.15) is 5.60 Å². The Morgan fingerprint density at radius 3 is 2.35 bits per heavy atom. The fourth-order valence-corrected chi connectivity index (χ4v) is 1.63. The van der Waals surface area contributed by atoms with Crippen LogP contribution in [-0.4, -0.2) is 30.7 Å². The standard InChI is InChI=1S/C17H21ClN2O3/c1-17(2,3)23-16(22)20-12-4-11-19-15(21)10-7-13-5-8-14(18)9-6-13/h5-6,8-9H,4,11-12H2,1-3H3,(H,19,21)(H,20,22). The largest absolute Gasteiger partial charge is 0.444 e. The fourth-order valence-electron chi connectivity index (χ4n) is 1.50. The Morgan fingerprint density at radius 2 is 1.74 bits per heavy atom. The van der Waals surface area contributed by atoms with E-state index in [0.29, 0.717) is 24.5 Å². The number of hydrogen-bond donors (Lipinski definition) is 2. The number of benzene rings is 1. The predicted octanol–water partition coefficient (Wildman–Crippen LogP) is 2.72. The predicted molar refractivity (Wildman–Crippen MR) is 90.2 cm³/mol. The summed E-state index contributed by atoms with van der Waals surface area (Å²) in [5.74, 6) is 4.88. The fraction of sp³-hybridized carbons (Fsp3) is 0.412. The van der Waals surface area contributed by atoms with Crippen LogP contribution in [0, 0.1) is 11.8 Å². The number of amides is 2. The van der Waals surface area contributed by atoms with Gasteiger partial charge in [0.15, 0.2) is 0 Å². The molecule has 0 fully saturated rings. The van der Waals surface area contributed by atoms with Crippen LogP contribution in [0.1, 0.15) is 32.8 Å². The Kier molecular flexibility index (Phi) is 7.43. The molecule has 0 atom stereocenters. The van der Waals surface area contributed by atoms with E-state index in [0.717, 1.165) is 5.56 Å². The third-order valence-electron chi connectivity index (χ3n) is 2.47. The van der Waals surface area contributed by atoms with Gasteiger partial charge in [-0.2, -0.15) is 0 Å². The maximum Gasteiger partial charge on any atom is 0.407 e. The summed E-state index contributed by atoms with van der Waals surface area (Å²) in [6, 6.07) is 6.92. The van der Waals surface area contributed by atoms with Gasteiger partial charge in [0.25, 0.3) is 5.91 Å². The molecule has 0 spiro atoms. The van der Waals surface area contributed by atoms with Crippen LogP contribution in [0.25, 0.3) is 0 Å². The van der Waals surface area contributed by atoms with E-state index in [2.05, 4.69) is 22.5 Å². The maximum absolute atomic E-state index is 11.5. The Morgan fingerprint density at radius 1 is 1.13 bits per heavy atom. The first-order valence-electron chi connectivity index (χ1n) is 7.28. The van der Waals surface area contributed by atoms with E-state index in [1.807, 2.05) is 0 Å². The van der Waals surface area contributed by atoms with Crippen LogP contribution in [0.5, 0.6) is 0 Å². The summed E-state index contributed by atoms with van der Waals surface area (Å²) in [7, 11) is 0. The molecular weight excluding hydrogens is 316 g/mol. The van der Waals surface area contributed by atoms with Gasteiger partial charge in [-0.3, -0.25) is 4.79 Å². The van der Waals surface area contributed by atoms with Crippen LogP contribution in [-0.2, 0) is 9.53 Å². The lowest BCUT2D eigenvalue weighted by Gasteiger charge is -2.19. The van der Waals surface area contributed by atoms with Gasteiger partial charge in [-0.25, -0.2) is 4.79 Å². The van der Waals surface area contributed by atoms with Gasteiger partial charge in [0.2, 0.25) is 0 Å². The summed E-state index contributed by atoms with van der Waals surface area (Å²) in [6.45, 7) is 6.23. The average Bonchev–Trinajstić information content (AvgIpc) is 2.44. The number of ether oxygens (including phenoxy) is 1. The maximum atomic E-state index is 11.5. The van der Waals surface area contributed by atoms with Crippen molar-refractivity contribution in [2.24, 2.45) is 0 Å². The molecule has 0 heterocycles. The highest BCUT2D eigenvalue weighted by Crippen LogP contribution is 2.08. The van der Waals surface area contributed by atoms with Crippen molar-refractivity contribution in [3.8, 4) is 11.8 Å². The van der Waals surface area contributed by atoms with Crippen molar-refractivity contribution < 1.29 is 14.3 Å². The van der Waals surface area contributed by atoms with E-state index in [1.54, 1.807) is 45.0 Å². The molecule has 0 unspecified atom stereocenters. The topological polar surface area (TPSA) is 67.4 Å². The van der Waals surface area contributed by atoms with E-state index in [1.165, 1.54) is 0 Å². The molecule has 0 aliphatic heterocycles. The third-order valence-corrected chi connectivity index (χ3v) is 2.72. The number of halogens is 1. The summed E-state index contributed by atoms with van der Waals surface area (Å²) in [4.78, 5) is 22.9. The number of carbonyl (C=O) groups excluding carboxylic acids is 2. The first-order valence-corrected chi connectivity index (χ1v) is 7.66. The zero-order valence-electron chi connectivity index (χ0n) is 13.5. The van der Waals surface area contributed by atoms with Crippen molar-refractivity contribution in [1.82, 2.24) is 10.6 Å². The van der Waals surface area contributed by atoms with Crippen molar-refractivity contribution in [3.05, 3.63) is 34.9 Å². The molecule has 1 aromatic rings. The zero-order chi connectivity index (χ0) is 17.3. The highest BCUT2D eigenvalue weighted by atomic mass is 35.5. The lowest BCUT2D eigenvalue weighted by atomic mass is 10.2. The molecule has 124 valence electrons. The SMILES string of the molecule is CC(C)(C)OC(=O)NCCCNC(=O)C#Cc1ccc(Cl)cc1. The lowest BCUT2D eigenvalue weighted by molar-refractivity contribution is -0.115. The smallest absolute Gasteiger partial charge is 0.407 e. The van der Waals surface area contributed by atoms with Crippen molar-refractivity contribution in [2.75, 3.05) is 13.1 Å². The molecular formula is C17H21ClN2O3. The number of nitrogens with one attached hydrogen (secondary N) is 2. The molecule has 1 aromatic carbocycles. The van der Waals surface area contributed by atoms with Gasteiger partial charge >= 0.3 is 6.09 Å². The molecule has 0 aromatic heterocycles. The number of alkyl carbamates (subject to hydrolysis) is 1. The average molecular weight is 337 g/mol. The van der Waals surface area contributed by atoms with Crippen molar-refractivity contribution in [2.45, 2.75) is 32.8 Å². The van der Waals surface area contributed by atoms with Crippen LogP contribution < -0.4 is 10.6 Å². The minimum absolute atomic E-state index is 0.364. The van der Waals surface area contributed by atoms with Crippen LogP contribution in [0.2, 0.25) is 5.02 Å². The third kappa shape index (κ3) is 9.43. The van der Waals surface area contributed by atoms with Gasteiger partial charge in [-0.1, -0.05) is 17.5 Å². The first kappa shape index (κ1) is 18.9. The van der Waals surface area contributed by atoms with Crippen molar-refractivity contribution in [1.29, 1.82) is 0 Å². The van der Waals surface area contributed by atoms with Crippen LogP contribution >= 0.6 is 11.6 Å². The molecule has 5 nitrogen and oxygen atoms in total. The molecule has 2 amide bonds. The normalized spacial score (nSPS) is 10.3.